The summed E-state index contributed by atoms with van der Waals surface area (Å²) in [6.45, 7) is 9.99. The van der Waals surface area contributed by atoms with Crippen molar-refractivity contribution in [3.63, 3.8) is 0 Å². The van der Waals surface area contributed by atoms with E-state index in [1.807, 2.05) is 0 Å². The Morgan fingerprint density at radius 2 is 2.21 bits per heavy atom. The molecule has 0 aromatic carbocycles. The lowest BCUT2D eigenvalue weighted by Gasteiger charge is -2.19. The van der Waals surface area contributed by atoms with E-state index >= 15 is 0 Å². The monoisotopic (exact) mass is 218 g/mol. The van der Waals surface area contributed by atoms with Gasteiger partial charge in [-0.15, -0.1) is 0 Å². The van der Waals surface area contributed by atoms with Crippen molar-refractivity contribution in [2.75, 3.05) is 26.4 Å². The fourth-order valence-corrected chi connectivity index (χ4v) is 2.78. The first-order valence-corrected chi connectivity index (χ1v) is 8.52. The van der Waals surface area contributed by atoms with E-state index < -0.39 is 8.80 Å². The van der Waals surface area contributed by atoms with Gasteiger partial charge in [0.15, 0.2) is 0 Å². The van der Waals surface area contributed by atoms with Crippen LogP contribution in [0.15, 0.2) is 0 Å². The van der Waals surface area contributed by atoms with Crippen LogP contribution in [0.25, 0.3) is 0 Å². The summed E-state index contributed by atoms with van der Waals surface area (Å²) in [7, 11) is -0.688. The molecule has 84 valence electrons. The van der Waals surface area contributed by atoms with Gasteiger partial charge in [0.1, 0.15) is 6.10 Å². The Kier molecular flexibility index (Phi) is 5.70. The van der Waals surface area contributed by atoms with Crippen molar-refractivity contribution in [1.29, 1.82) is 0 Å². The van der Waals surface area contributed by atoms with Crippen molar-refractivity contribution in [3.8, 4) is 0 Å². The Morgan fingerprint density at radius 3 is 2.71 bits per heavy atom. The third-order valence-electron chi connectivity index (χ3n) is 2.38. The van der Waals surface area contributed by atoms with Crippen LogP contribution in [0.4, 0.5) is 0 Å². The molecule has 0 N–H and O–H groups in total. The number of hydrogen-bond acceptors (Lipinski definition) is 3. The molecule has 1 heterocycles. The fourth-order valence-electron chi connectivity index (χ4n) is 1.40. The zero-order valence-corrected chi connectivity index (χ0v) is 10.6. The summed E-state index contributed by atoms with van der Waals surface area (Å²) >= 11 is 0. The van der Waals surface area contributed by atoms with Gasteiger partial charge in [-0.1, -0.05) is 13.1 Å². The van der Waals surface area contributed by atoms with Crippen molar-refractivity contribution in [1.82, 2.24) is 0 Å². The molecule has 1 saturated heterocycles. The van der Waals surface area contributed by atoms with Crippen LogP contribution >= 0.6 is 0 Å². The van der Waals surface area contributed by atoms with Gasteiger partial charge < -0.3 is 14.2 Å². The van der Waals surface area contributed by atoms with Gasteiger partial charge in [-0.25, -0.2) is 0 Å². The zero-order valence-electron chi connectivity index (χ0n) is 9.49. The summed E-state index contributed by atoms with van der Waals surface area (Å²) in [5.41, 5.74) is 0.472. The molecule has 14 heavy (non-hydrogen) atoms. The van der Waals surface area contributed by atoms with Gasteiger partial charge >= 0.3 is 0 Å². The lowest BCUT2D eigenvalue weighted by atomic mass is 10.4. The lowest BCUT2D eigenvalue weighted by Crippen LogP contribution is -2.29. The molecule has 0 bridgehead atoms. The molecule has 4 heteroatoms. The summed E-state index contributed by atoms with van der Waals surface area (Å²) in [4.78, 5) is 0. The molecule has 2 unspecified atom stereocenters. The van der Waals surface area contributed by atoms with Gasteiger partial charge in [0.05, 0.1) is 22.0 Å². The molecule has 0 saturated carbocycles. The number of ether oxygens (including phenoxy) is 3. The van der Waals surface area contributed by atoms with Gasteiger partial charge in [-0.3, -0.25) is 0 Å². The van der Waals surface area contributed by atoms with Crippen molar-refractivity contribution < 1.29 is 14.2 Å². The minimum absolute atomic E-state index is 0.386. The summed E-state index contributed by atoms with van der Waals surface area (Å²) in [6.07, 6.45) is 1.43. The van der Waals surface area contributed by atoms with Gasteiger partial charge in [-0.05, 0) is 13.3 Å². The highest BCUT2D eigenvalue weighted by molar-refractivity contribution is 6.57. The first-order valence-electron chi connectivity index (χ1n) is 5.55. The zero-order chi connectivity index (χ0) is 10.4. The maximum atomic E-state index is 5.68. The molecule has 0 spiro atoms. The average Bonchev–Trinajstić information content (AvgIpc) is 2.93. The van der Waals surface area contributed by atoms with Crippen LogP contribution in [0, 0.1) is 0 Å². The average molecular weight is 218 g/mol. The Morgan fingerprint density at radius 1 is 1.50 bits per heavy atom. The van der Waals surface area contributed by atoms with Crippen molar-refractivity contribution in [3.05, 3.63) is 0 Å². The molecule has 0 aromatic rings. The van der Waals surface area contributed by atoms with E-state index in [1.54, 1.807) is 0 Å². The highest BCUT2D eigenvalue weighted by atomic mass is 28.3. The highest BCUT2D eigenvalue weighted by Gasteiger charge is 2.22. The maximum Gasteiger partial charge on any atom is 0.104 e. The van der Waals surface area contributed by atoms with Gasteiger partial charge in [0.25, 0.3) is 0 Å². The molecule has 3 nitrogen and oxygen atoms in total. The second kappa shape index (κ2) is 6.56. The topological polar surface area (TPSA) is 31.0 Å². The summed E-state index contributed by atoms with van der Waals surface area (Å²) in [6, 6.07) is 0. The SMILES string of the molecule is CCOC(CCOCC1CO1)[SiH](C)C. The Balaban J connectivity index is 1.99. The minimum Gasteiger partial charge on any atom is -0.382 e. The van der Waals surface area contributed by atoms with E-state index in [4.69, 9.17) is 14.2 Å². The maximum absolute atomic E-state index is 5.68. The molecule has 0 aromatic heterocycles. The first-order chi connectivity index (χ1) is 6.74. The van der Waals surface area contributed by atoms with Gasteiger partial charge in [0, 0.05) is 18.9 Å². The van der Waals surface area contributed by atoms with Gasteiger partial charge in [0.2, 0.25) is 0 Å². The standard InChI is InChI=1S/C10H22O3Si/c1-4-12-10(14(2)3)5-6-11-7-9-8-13-9/h9-10,14H,4-8H2,1-3H3. The molecule has 1 fully saturated rings. The van der Waals surface area contributed by atoms with E-state index in [9.17, 15) is 0 Å². The van der Waals surface area contributed by atoms with Crippen LogP contribution in [0.3, 0.4) is 0 Å². The first kappa shape index (κ1) is 12.2. The number of epoxide rings is 1. The second-order valence-corrected chi connectivity index (χ2v) is 7.29. The molecule has 1 aliphatic rings. The molecular formula is C10H22O3Si. The number of rotatable bonds is 8. The summed E-state index contributed by atoms with van der Waals surface area (Å²) in [5, 5.41) is 0. The van der Waals surface area contributed by atoms with Gasteiger partial charge in [-0.2, -0.15) is 0 Å². The predicted molar refractivity (Wildman–Crippen MR) is 59.5 cm³/mol. The lowest BCUT2D eigenvalue weighted by molar-refractivity contribution is 0.0602. The third kappa shape index (κ3) is 5.10. The van der Waals surface area contributed by atoms with E-state index in [0.717, 1.165) is 32.8 Å². The van der Waals surface area contributed by atoms with Crippen molar-refractivity contribution in [2.24, 2.45) is 0 Å². The summed E-state index contributed by atoms with van der Waals surface area (Å²) < 4.78 is 16.2. The van der Waals surface area contributed by atoms with Crippen molar-refractivity contribution >= 4 is 8.80 Å². The molecule has 1 rings (SSSR count). The summed E-state index contributed by atoms with van der Waals surface area (Å²) in [5.74, 6) is 0. The molecule has 0 aliphatic carbocycles. The van der Waals surface area contributed by atoms with E-state index in [1.165, 1.54) is 0 Å². The highest BCUT2D eigenvalue weighted by Crippen LogP contribution is 2.10. The minimum atomic E-state index is -0.688. The quantitative estimate of drug-likeness (QED) is 0.349. The Hall–Kier alpha value is 0.0969. The Labute approximate surface area is 88.3 Å². The van der Waals surface area contributed by atoms with Crippen LogP contribution in [-0.4, -0.2) is 47.1 Å². The molecule has 0 amide bonds. The molecule has 2 atom stereocenters. The van der Waals surface area contributed by atoms with E-state index in [0.29, 0.717) is 11.8 Å². The van der Waals surface area contributed by atoms with Crippen LogP contribution in [0.1, 0.15) is 13.3 Å². The van der Waals surface area contributed by atoms with Crippen LogP contribution in [0.2, 0.25) is 13.1 Å². The normalized spacial score (nSPS) is 22.7. The molecule has 1 aliphatic heterocycles. The smallest absolute Gasteiger partial charge is 0.104 e. The van der Waals surface area contributed by atoms with E-state index in [2.05, 4.69) is 20.0 Å². The van der Waals surface area contributed by atoms with Crippen LogP contribution in [0.5, 0.6) is 0 Å². The third-order valence-corrected chi connectivity index (χ3v) is 4.39. The van der Waals surface area contributed by atoms with E-state index in [-0.39, 0.29) is 0 Å². The molecular weight excluding hydrogens is 196 g/mol. The van der Waals surface area contributed by atoms with Crippen molar-refractivity contribution in [2.45, 2.75) is 38.3 Å². The Bertz CT molecular complexity index is 148. The van der Waals surface area contributed by atoms with Crippen LogP contribution in [-0.2, 0) is 14.2 Å². The number of hydrogen-bond donors (Lipinski definition) is 0. The largest absolute Gasteiger partial charge is 0.382 e. The predicted octanol–water partition coefficient (Wildman–Crippen LogP) is 1.22. The fraction of sp³-hybridized carbons (Fsp3) is 1.00. The van der Waals surface area contributed by atoms with Crippen LogP contribution < -0.4 is 0 Å². The second-order valence-electron chi connectivity index (χ2n) is 4.06. The molecule has 0 radical (unpaired) electrons.